The smallest absolute Gasteiger partial charge is 0.338 e. The van der Waals surface area contributed by atoms with Crippen LogP contribution in [0, 0.1) is 0 Å². The molecule has 0 amide bonds. The Balaban J connectivity index is 0.00000450. The van der Waals surface area contributed by atoms with Gasteiger partial charge in [-0.15, -0.1) is 12.4 Å². The highest BCUT2D eigenvalue weighted by Crippen LogP contribution is 2.13. The minimum absolute atomic E-state index is 0. The zero-order valence-electron chi connectivity index (χ0n) is 18.1. The summed E-state index contributed by atoms with van der Waals surface area (Å²) < 4.78 is 10.5. The van der Waals surface area contributed by atoms with Gasteiger partial charge in [0.25, 0.3) is 0 Å². The number of carbonyl (C=O) groups is 2. The van der Waals surface area contributed by atoms with E-state index in [9.17, 15) is 9.59 Å². The van der Waals surface area contributed by atoms with Gasteiger partial charge in [0.05, 0.1) is 11.1 Å². The van der Waals surface area contributed by atoms with Crippen LogP contribution in [0.25, 0.3) is 0 Å². The Morgan fingerprint density at radius 1 is 0.667 bits per heavy atom. The Kier molecular flexibility index (Phi) is 11.1. The van der Waals surface area contributed by atoms with Crippen molar-refractivity contribution >= 4 is 24.3 Å². The van der Waals surface area contributed by atoms with E-state index in [1.165, 1.54) is 0 Å². The van der Waals surface area contributed by atoms with Gasteiger partial charge in [-0.3, -0.25) is 0 Å². The van der Waals surface area contributed by atoms with Crippen LogP contribution in [0.2, 0.25) is 0 Å². The molecule has 0 aliphatic rings. The minimum atomic E-state index is -0.310. The summed E-state index contributed by atoms with van der Waals surface area (Å²) in [6.45, 7) is 2.14. The van der Waals surface area contributed by atoms with Crippen molar-refractivity contribution in [1.82, 2.24) is 9.80 Å². The van der Waals surface area contributed by atoms with E-state index in [1.54, 1.807) is 24.3 Å². The number of rotatable bonds is 10. The standard InChI is InChI=1S/C23H30N2O4.ClH/c1-24(2)13-15-28-22(26)20-9-5-18(6-10-20)17-19-7-11-21(12-8-19)23(27)29-16-14-25(3)4;/h5-12H,13-17H2,1-4H3;1H. The topological polar surface area (TPSA) is 59.1 Å². The summed E-state index contributed by atoms with van der Waals surface area (Å²) in [5.41, 5.74) is 3.25. The first-order valence-corrected chi connectivity index (χ1v) is 9.66. The Bertz CT molecular complexity index is 722. The summed E-state index contributed by atoms with van der Waals surface area (Å²) in [7, 11) is 7.74. The molecule has 0 saturated carbocycles. The van der Waals surface area contributed by atoms with Crippen molar-refractivity contribution in [3.05, 3.63) is 70.8 Å². The van der Waals surface area contributed by atoms with Crippen LogP contribution in [0.15, 0.2) is 48.5 Å². The number of esters is 2. The monoisotopic (exact) mass is 434 g/mol. The molecule has 0 heterocycles. The van der Waals surface area contributed by atoms with Crippen LogP contribution in [-0.4, -0.2) is 76.2 Å². The number of ether oxygens (including phenoxy) is 2. The van der Waals surface area contributed by atoms with Crippen molar-refractivity contribution in [2.24, 2.45) is 0 Å². The van der Waals surface area contributed by atoms with Crippen molar-refractivity contribution in [3.63, 3.8) is 0 Å². The molecule has 2 aromatic rings. The zero-order chi connectivity index (χ0) is 21.2. The molecule has 7 heteroatoms. The third-order valence-corrected chi connectivity index (χ3v) is 4.33. The predicted molar refractivity (Wildman–Crippen MR) is 121 cm³/mol. The molecule has 6 nitrogen and oxygen atoms in total. The second kappa shape index (κ2) is 13.0. The molecule has 0 aliphatic carbocycles. The van der Waals surface area contributed by atoms with Gasteiger partial charge < -0.3 is 19.3 Å². The van der Waals surface area contributed by atoms with Crippen LogP contribution in [0.4, 0.5) is 0 Å². The van der Waals surface area contributed by atoms with Gasteiger partial charge in [0.1, 0.15) is 13.2 Å². The van der Waals surface area contributed by atoms with E-state index in [0.717, 1.165) is 11.1 Å². The third-order valence-electron chi connectivity index (χ3n) is 4.33. The number of halogens is 1. The average Bonchev–Trinajstić information content (AvgIpc) is 2.68. The van der Waals surface area contributed by atoms with Gasteiger partial charge in [0.15, 0.2) is 0 Å². The molecular weight excluding hydrogens is 404 g/mol. The molecule has 30 heavy (non-hydrogen) atoms. The Morgan fingerprint density at radius 2 is 1.00 bits per heavy atom. The molecular formula is C23H31ClN2O4. The highest BCUT2D eigenvalue weighted by molar-refractivity contribution is 5.90. The van der Waals surface area contributed by atoms with Gasteiger partial charge in [0, 0.05) is 13.1 Å². The largest absolute Gasteiger partial charge is 0.461 e. The molecule has 0 aromatic heterocycles. The number of hydrogen-bond acceptors (Lipinski definition) is 6. The fourth-order valence-electron chi connectivity index (χ4n) is 2.56. The molecule has 0 saturated heterocycles. The average molecular weight is 435 g/mol. The van der Waals surface area contributed by atoms with Gasteiger partial charge in [-0.2, -0.15) is 0 Å². The van der Waals surface area contributed by atoms with Crippen molar-refractivity contribution in [2.75, 3.05) is 54.5 Å². The predicted octanol–water partition coefficient (Wildman–Crippen LogP) is 3.14. The van der Waals surface area contributed by atoms with E-state index in [2.05, 4.69) is 0 Å². The van der Waals surface area contributed by atoms with E-state index < -0.39 is 0 Å². The van der Waals surface area contributed by atoms with E-state index in [4.69, 9.17) is 9.47 Å². The maximum absolute atomic E-state index is 12.0. The lowest BCUT2D eigenvalue weighted by atomic mass is 10.0. The molecule has 2 rings (SSSR count). The number of hydrogen-bond donors (Lipinski definition) is 0. The molecule has 0 unspecified atom stereocenters. The second-order valence-electron chi connectivity index (χ2n) is 7.45. The van der Waals surface area contributed by atoms with Crippen molar-refractivity contribution < 1.29 is 19.1 Å². The molecule has 0 aliphatic heterocycles. The molecule has 0 radical (unpaired) electrons. The normalized spacial score (nSPS) is 10.6. The van der Waals surface area contributed by atoms with Crippen LogP contribution in [0.1, 0.15) is 31.8 Å². The summed E-state index contributed by atoms with van der Waals surface area (Å²) in [6, 6.07) is 14.8. The first-order valence-electron chi connectivity index (χ1n) is 9.66. The summed E-state index contributed by atoms with van der Waals surface area (Å²) in [5, 5.41) is 0. The van der Waals surface area contributed by atoms with Crippen molar-refractivity contribution in [1.29, 1.82) is 0 Å². The maximum Gasteiger partial charge on any atom is 0.338 e. The van der Waals surface area contributed by atoms with Gasteiger partial charge in [-0.1, -0.05) is 24.3 Å². The van der Waals surface area contributed by atoms with Crippen LogP contribution in [0.5, 0.6) is 0 Å². The number of nitrogens with zero attached hydrogens (tertiary/aromatic N) is 2. The van der Waals surface area contributed by atoms with Gasteiger partial charge in [-0.25, -0.2) is 9.59 Å². The van der Waals surface area contributed by atoms with Gasteiger partial charge in [-0.05, 0) is 70.0 Å². The van der Waals surface area contributed by atoms with E-state index in [0.29, 0.717) is 43.9 Å². The fraction of sp³-hybridized carbons (Fsp3) is 0.391. The molecule has 0 bridgehead atoms. The third kappa shape index (κ3) is 8.95. The summed E-state index contributed by atoms with van der Waals surface area (Å²) in [5.74, 6) is -0.619. The Labute approximate surface area is 185 Å². The minimum Gasteiger partial charge on any atom is -0.461 e. The second-order valence-corrected chi connectivity index (χ2v) is 7.45. The van der Waals surface area contributed by atoms with Crippen LogP contribution in [0.3, 0.4) is 0 Å². The lowest BCUT2D eigenvalue weighted by Crippen LogP contribution is -2.20. The Morgan fingerprint density at radius 3 is 1.30 bits per heavy atom. The molecule has 0 atom stereocenters. The molecule has 0 fully saturated rings. The van der Waals surface area contributed by atoms with Gasteiger partial charge in [0.2, 0.25) is 0 Å². The van der Waals surface area contributed by atoms with Gasteiger partial charge >= 0.3 is 11.9 Å². The number of benzene rings is 2. The van der Waals surface area contributed by atoms with Crippen molar-refractivity contribution in [3.8, 4) is 0 Å². The fourth-order valence-corrected chi connectivity index (χ4v) is 2.56. The van der Waals surface area contributed by atoms with Crippen molar-refractivity contribution in [2.45, 2.75) is 6.42 Å². The molecule has 164 valence electrons. The first kappa shape index (κ1) is 25.6. The summed E-state index contributed by atoms with van der Waals surface area (Å²) >= 11 is 0. The van der Waals surface area contributed by atoms with E-state index in [-0.39, 0.29) is 24.3 Å². The first-order chi connectivity index (χ1) is 13.8. The lowest BCUT2D eigenvalue weighted by Gasteiger charge is -2.10. The number of carbonyl (C=O) groups excluding carboxylic acids is 2. The zero-order valence-corrected chi connectivity index (χ0v) is 18.9. The van der Waals surface area contributed by atoms with Crippen LogP contribution < -0.4 is 0 Å². The SMILES string of the molecule is CN(C)CCOC(=O)c1ccc(Cc2ccc(C(=O)OCCN(C)C)cc2)cc1.Cl. The van der Waals surface area contributed by atoms with Crippen LogP contribution in [-0.2, 0) is 15.9 Å². The summed E-state index contributed by atoms with van der Waals surface area (Å²) in [4.78, 5) is 28.0. The van der Waals surface area contributed by atoms with Crippen LogP contribution >= 0.6 is 12.4 Å². The maximum atomic E-state index is 12.0. The highest BCUT2D eigenvalue weighted by atomic mass is 35.5. The molecule has 0 spiro atoms. The van der Waals surface area contributed by atoms with E-state index in [1.807, 2.05) is 62.3 Å². The molecule has 0 N–H and O–H groups in total. The highest BCUT2D eigenvalue weighted by Gasteiger charge is 2.09. The van der Waals surface area contributed by atoms with E-state index >= 15 is 0 Å². The number of likely N-dealkylation sites (N-methyl/N-ethyl adjacent to an activating group) is 2. The summed E-state index contributed by atoms with van der Waals surface area (Å²) in [6.07, 6.45) is 0.714. The lowest BCUT2D eigenvalue weighted by molar-refractivity contribution is 0.0472. The Hall–Kier alpha value is -2.41. The molecule has 2 aromatic carbocycles. The quantitative estimate of drug-likeness (QED) is 0.535.